The van der Waals surface area contributed by atoms with E-state index in [2.05, 4.69) is 4.98 Å². The summed E-state index contributed by atoms with van der Waals surface area (Å²) in [6.45, 7) is 4.91. The fourth-order valence-electron chi connectivity index (χ4n) is 2.45. The third-order valence-electron chi connectivity index (χ3n) is 3.78. The Morgan fingerprint density at radius 3 is 2.48 bits per heavy atom. The first-order chi connectivity index (χ1) is 9.88. The highest BCUT2D eigenvalue weighted by Gasteiger charge is 2.27. The van der Waals surface area contributed by atoms with E-state index in [1.807, 2.05) is 13.8 Å². The minimum Gasteiger partial charge on any atom is -0.481 e. The van der Waals surface area contributed by atoms with E-state index in [1.54, 1.807) is 17.0 Å². The van der Waals surface area contributed by atoms with Gasteiger partial charge in [0.2, 0.25) is 0 Å². The first-order valence-corrected chi connectivity index (χ1v) is 7.46. The number of aromatic nitrogens is 1. The Balaban J connectivity index is 2.12. The summed E-state index contributed by atoms with van der Waals surface area (Å²) in [6, 6.07) is 3.33. The average Bonchev–Trinajstić information content (AvgIpc) is 2.45. The van der Waals surface area contributed by atoms with E-state index in [-0.39, 0.29) is 17.7 Å². The molecule has 0 spiro atoms. The quantitative estimate of drug-likeness (QED) is 0.871. The highest BCUT2D eigenvalue weighted by Crippen LogP contribution is 2.22. The van der Waals surface area contributed by atoms with Crippen LogP contribution in [0, 0.1) is 5.92 Å². The van der Waals surface area contributed by atoms with Crippen molar-refractivity contribution < 1.29 is 14.7 Å². The van der Waals surface area contributed by atoms with Crippen molar-refractivity contribution in [3.63, 3.8) is 0 Å². The van der Waals surface area contributed by atoms with Gasteiger partial charge >= 0.3 is 5.97 Å². The zero-order valence-corrected chi connectivity index (χ0v) is 12.9. The first-order valence-electron chi connectivity index (χ1n) is 7.08. The molecule has 1 amide bonds. The molecule has 114 valence electrons. The smallest absolute Gasteiger partial charge is 0.306 e. The molecule has 0 saturated carbocycles. The van der Waals surface area contributed by atoms with Crippen LogP contribution < -0.4 is 0 Å². The second-order valence-corrected chi connectivity index (χ2v) is 6.05. The van der Waals surface area contributed by atoms with Crippen molar-refractivity contribution in [1.29, 1.82) is 0 Å². The largest absolute Gasteiger partial charge is 0.481 e. The Hall–Kier alpha value is -1.62. The standard InChI is InChI=1S/C15H19ClN2O3/c1-9(2)12-7-11(8-13(16)17-12)14(19)18-5-3-10(4-6-18)15(20)21/h7-10H,3-6H2,1-2H3,(H,20,21). The number of carboxylic acid groups (broad SMARTS) is 1. The van der Waals surface area contributed by atoms with E-state index in [0.717, 1.165) is 5.69 Å². The fraction of sp³-hybridized carbons (Fsp3) is 0.533. The van der Waals surface area contributed by atoms with Crippen LogP contribution in [0.15, 0.2) is 12.1 Å². The molecule has 1 saturated heterocycles. The van der Waals surface area contributed by atoms with Gasteiger partial charge in [-0.2, -0.15) is 0 Å². The van der Waals surface area contributed by atoms with Crippen molar-refractivity contribution in [2.75, 3.05) is 13.1 Å². The van der Waals surface area contributed by atoms with Crippen LogP contribution in [0.3, 0.4) is 0 Å². The summed E-state index contributed by atoms with van der Waals surface area (Å²) < 4.78 is 0. The van der Waals surface area contributed by atoms with Gasteiger partial charge in [-0.3, -0.25) is 9.59 Å². The van der Waals surface area contributed by atoms with Gasteiger partial charge in [0.25, 0.3) is 5.91 Å². The van der Waals surface area contributed by atoms with Crippen molar-refractivity contribution in [1.82, 2.24) is 9.88 Å². The third-order valence-corrected chi connectivity index (χ3v) is 3.98. The Morgan fingerprint density at radius 1 is 1.33 bits per heavy atom. The molecule has 1 aromatic rings. The van der Waals surface area contributed by atoms with Gasteiger partial charge in [-0.15, -0.1) is 0 Å². The van der Waals surface area contributed by atoms with Gasteiger partial charge < -0.3 is 10.0 Å². The molecule has 0 aliphatic carbocycles. The van der Waals surface area contributed by atoms with Crippen molar-refractivity contribution in [2.24, 2.45) is 5.92 Å². The topological polar surface area (TPSA) is 70.5 Å². The molecule has 5 nitrogen and oxygen atoms in total. The van der Waals surface area contributed by atoms with E-state index in [0.29, 0.717) is 36.6 Å². The van der Waals surface area contributed by atoms with Crippen LogP contribution in [-0.4, -0.2) is 40.0 Å². The molecule has 2 rings (SSSR count). The van der Waals surface area contributed by atoms with E-state index >= 15 is 0 Å². The average molecular weight is 311 g/mol. The highest BCUT2D eigenvalue weighted by atomic mass is 35.5. The van der Waals surface area contributed by atoms with Gasteiger partial charge in [0.15, 0.2) is 0 Å². The summed E-state index contributed by atoms with van der Waals surface area (Å²) in [7, 11) is 0. The zero-order chi connectivity index (χ0) is 15.6. The molecular weight excluding hydrogens is 292 g/mol. The number of carbonyl (C=O) groups is 2. The van der Waals surface area contributed by atoms with Gasteiger partial charge in [-0.25, -0.2) is 4.98 Å². The number of pyridine rings is 1. The molecule has 0 radical (unpaired) electrons. The normalized spacial score (nSPS) is 16.3. The van der Waals surface area contributed by atoms with Gasteiger partial charge in [0.1, 0.15) is 5.15 Å². The van der Waals surface area contributed by atoms with Crippen LogP contribution in [0.1, 0.15) is 48.7 Å². The summed E-state index contributed by atoms with van der Waals surface area (Å²) in [4.78, 5) is 29.3. The maximum Gasteiger partial charge on any atom is 0.306 e. The Morgan fingerprint density at radius 2 is 1.95 bits per heavy atom. The Kier molecular flexibility index (Phi) is 4.83. The summed E-state index contributed by atoms with van der Waals surface area (Å²) >= 11 is 5.98. The Labute approximate surface area is 128 Å². The molecule has 1 aliphatic heterocycles. The molecule has 2 heterocycles. The molecule has 1 fully saturated rings. The van der Waals surface area contributed by atoms with Crippen molar-refractivity contribution in [2.45, 2.75) is 32.6 Å². The van der Waals surface area contributed by atoms with Crippen LogP contribution in [0.25, 0.3) is 0 Å². The number of nitrogens with zero attached hydrogens (tertiary/aromatic N) is 2. The molecule has 0 bridgehead atoms. The van der Waals surface area contributed by atoms with Gasteiger partial charge in [0.05, 0.1) is 5.92 Å². The summed E-state index contributed by atoms with van der Waals surface area (Å²) in [6.07, 6.45) is 0.994. The van der Waals surface area contributed by atoms with E-state index in [4.69, 9.17) is 16.7 Å². The fourth-order valence-corrected chi connectivity index (χ4v) is 2.66. The van der Waals surface area contributed by atoms with Crippen molar-refractivity contribution in [3.05, 3.63) is 28.5 Å². The lowest BCUT2D eigenvalue weighted by Crippen LogP contribution is -2.40. The van der Waals surface area contributed by atoms with Crippen molar-refractivity contribution >= 4 is 23.5 Å². The van der Waals surface area contributed by atoms with Crippen LogP contribution in [-0.2, 0) is 4.79 Å². The van der Waals surface area contributed by atoms with E-state index in [1.165, 1.54) is 0 Å². The number of likely N-dealkylation sites (tertiary alicyclic amines) is 1. The number of piperidine rings is 1. The maximum absolute atomic E-state index is 12.5. The van der Waals surface area contributed by atoms with E-state index in [9.17, 15) is 9.59 Å². The molecule has 0 aromatic carbocycles. The number of hydrogen-bond acceptors (Lipinski definition) is 3. The van der Waals surface area contributed by atoms with Gasteiger partial charge in [-0.05, 0) is 30.9 Å². The second kappa shape index (κ2) is 6.43. The van der Waals surface area contributed by atoms with Crippen LogP contribution in [0.4, 0.5) is 0 Å². The lowest BCUT2D eigenvalue weighted by Gasteiger charge is -2.30. The summed E-state index contributed by atoms with van der Waals surface area (Å²) in [5.41, 5.74) is 1.30. The zero-order valence-electron chi connectivity index (χ0n) is 12.2. The molecular formula is C15H19ClN2O3. The predicted octanol–water partition coefficient (Wildman–Crippen LogP) is 2.80. The highest BCUT2D eigenvalue weighted by molar-refractivity contribution is 6.29. The summed E-state index contributed by atoms with van der Waals surface area (Å²) in [5.74, 6) is -1.05. The molecule has 0 atom stereocenters. The molecule has 1 N–H and O–H groups in total. The molecule has 21 heavy (non-hydrogen) atoms. The lowest BCUT2D eigenvalue weighted by molar-refractivity contribution is -0.143. The second-order valence-electron chi connectivity index (χ2n) is 5.66. The number of carbonyl (C=O) groups excluding carboxylic acids is 1. The van der Waals surface area contributed by atoms with Crippen LogP contribution in [0.2, 0.25) is 5.15 Å². The molecule has 0 unspecified atom stereocenters. The maximum atomic E-state index is 12.5. The molecule has 1 aliphatic rings. The number of amides is 1. The van der Waals surface area contributed by atoms with Gasteiger partial charge in [-0.1, -0.05) is 25.4 Å². The minimum absolute atomic E-state index is 0.106. The SMILES string of the molecule is CC(C)c1cc(C(=O)N2CCC(C(=O)O)CC2)cc(Cl)n1. The van der Waals surface area contributed by atoms with Crippen LogP contribution in [0.5, 0.6) is 0 Å². The number of carboxylic acids is 1. The van der Waals surface area contributed by atoms with Crippen LogP contribution >= 0.6 is 11.6 Å². The lowest BCUT2D eigenvalue weighted by atomic mass is 9.96. The van der Waals surface area contributed by atoms with Gasteiger partial charge in [0, 0.05) is 24.3 Å². The number of aliphatic carboxylic acids is 1. The van der Waals surface area contributed by atoms with Crippen molar-refractivity contribution in [3.8, 4) is 0 Å². The Bertz CT molecular complexity index is 552. The third kappa shape index (κ3) is 3.73. The number of hydrogen-bond donors (Lipinski definition) is 1. The molecule has 1 aromatic heterocycles. The first kappa shape index (κ1) is 15.8. The summed E-state index contributed by atoms with van der Waals surface area (Å²) in [5, 5.41) is 9.29. The minimum atomic E-state index is -0.781. The number of rotatable bonds is 3. The predicted molar refractivity (Wildman–Crippen MR) is 79.6 cm³/mol. The monoisotopic (exact) mass is 310 g/mol. The van der Waals surface area contributed by atoms with E-state index < -0.39 is 5.97 Å². The number of halogens is 1. The molecule has 6 heteroatoms.